The maximum absolute atomic E-state index is 9.74. The van der Waals surface area contributed by atoms with Crippen LogP contribution in [0.3, 0.4) is 0 Å². The van der Waals surface area contributed by atoms with Gasteiger partial charge in [-0.1, -0.05) is 0 Å². The fourth-order valence-electron chi connectivity index (χ4n) is 0.321. The quantitative estimate of drug-likeness (QED) is 0.443. The molecule has 0 unspecified atom stereocenters. The molecule has 0 spiro atoms. The third-order valence-corrected chi connectivity index (χ3v) is 1.20. The topological polar surface area (TPSA) is 43.1 Å². The summed E-state index contributed by atoms with van der Waals surface area (Å²) in [6, 6.07) is 0. The van der Waals surface area contributed by atoms with Crippen LogP contribution in [0.4, 0.5) is 0 Å². The third kappa shape index (κ3) is 6.06. The van der Waals surface area contributed by atoms with Crippen molar-refractivity contribution in [1.82, 2.24) is 0 Å². The molecule has 0 aliphatic heterocycles. The SMILES string of the molecule is NCCCCP=O. The van der Waals surface area contributed by atoms with Crippen LogP contribution >= 0.6 is 8.46 Å². The van der Waals surface area contributed by atoms with Gasteiger partial charge in [-0.15, -0.1) is 0 Å². The summed E-state index contributed by atoms with van der Waals surface area (Å²) in [6.07, 6.45) is 2.74. The lowest BCUT2D eigenvalue weighted by molar-refractivity contribution is 0.596. The molecule has 0 saturated carbocycles. The van der Waals surface area contributed by atoms with Gasteiger partial charge in [0.05, 0.1) is 0 Å². The van der Waals surface area contributed by atoms with E-state index in [-0.39, 0.29) is 8.46 Å². The molecular weight excluding hydrogens is 109 g/mol. The summed E-state index contributed by atoms with van der Waals surface area (Å²) < 4.78 is 9.74. The molecule has 0 amide bonds. The Labute approximate surface area is 45.3 Å². The molecule has 0 saturated heterocycles. The monoisotopic (exact) mass is 119 g/mol. The van der Waals surface area contributed by atoms with Gasteiger partial charge in [-0.3, -0.25) is 4.57 Å². The third-order valence-electron chi connectivity index (χ3n) is 0.704. The molecule has 0 aromatic heterocycles. The molecule has 0 atom stereocenters. The summed E-state index contributed by atoms with van der Waals surface area (Å²) in [5.74, 6) is 0. The molecule has 0 rings (SSSR count). The van der Waals surface area contributed by atoms with Crippen LogP contribution in [-0.2, 0) is 4.57 Å². The minimum atomic E-state index is 0.249. The molecule has 7 heavy (non-hydrogen) atoms. The van der Waals surface area contributed by atoms with Crippen LogP contribution in [0.2, 0.25) is 0 Å². The lowest BCUT2D eigenvalue weighted by Crippen LogP contribution is -1.97. The summed E-state index contributed by atoms with van der Waals surface area (Å²) in [5.41, 5.74) is 5.16. The van der Waals surface area contributed by atoms with Gasteiger partial charge in [0, 0.05) is 6.16 Å². The summed E-state index contributed by atoms with van der Waals surface area (Å²) in [7, 11) is 0.249. The normalized spacial score (nSPS) is 9.86. The molecule has 0 fully saturated rings. The van der Waals surface area contributed by atoms with E-state index in [4.69, 9.17) is 5.73 Å². The first-order valence-corrected chi connectivity index (χ1v) is 3.40. The molecular formula is C4H10NOP. The molecule has 2 N–H and O–H groups in total. The van der Waals surface area contributed by atoms with Gasteiger partial charge in [0.2, 0.25) is 0 Å². The van der Waals surface area contributed by atoms with Crippen molar-refractivity contribution >= 4 is 8.46 Å². The van der Waals surface area contributed by atoms with E-state index in [2.05, 4.69) is 0 Å². The van der Waals surface area contributed by atoms with E-state index >= 15 is 0 Å². The van der Waals surface area contributed by atoms with E-state index in [1.165, 1.54) is 0 Å². The number of nitrogens with two attached hydrogens (primary N) is 1. The number of rotatable bonds is 4. The van der Waals surface area contributed by atoms with Crippen molar-refractivity contribution in [3.8, 4) is 0 Å². The second kappa shape index (κ2) is 6.06. The Kier molecular flexibility index (Phi) is 6.11. The summed E-state index contributed by atoms with van der Waals surface area (Å²) in [5, 5.41) is 0. The van der Waals surface area contributed by atoms with Crippen molar-refractivity contribution in [2.45, 2.75) is 12.8 Å². The Morgan fingerprint density at radius 2 is 2.14 bits per heavy atom. The van der Waals surface area contributed by atoms with Crippen molar-refractivity contribution in [2.24, 2.45) is 5.73 Å². The fraction of sp³-hybridized carbons (Fsp3) is 1.00. The van der Waals surface area contributed by atoms with Crippen LogP contribution in [0, 0.1) is 0 Å². The highest BCUT2D eigenvalue weighted by molar-refractivity contribution is 7.23. The van der Waals surface area contributed by atoms with Crippen molar-refractivity contribution in [3.63, 3.8) is 0 Å². The Morgan fingerprint density at radius 3 is 2.57 bits per heavy atom. The Bertz CT molecular complexity index is 49.0. The molecule has 42 valence electrons. The molecule has 0 aliphatic carbocycles. The van der Waals surface area contributed by atoms with Crippen LogP contribution in [0.15, 0.2) is 0 Å². The smallest absolute Gasteiger partial charge is 0.155 e. The maximum atomic E-state index is 9.74. The highest BCUT2D eigenvalue weighted by Crippen LogP contribution is 1.96. The molecule has 0 aromatic rings. The first-order chi connectivity index (χ1) is 3.41. The van der Waals surface area contributed by atoms with Crippen molar-refractivity contribution < 1.29 is 4.57 Å². The number of unbranched alkanes of at least 4 members (excludes halogenated alkanes) is 1. The Morgan fingerprint density at radius 1 is 1.43 bits per heavy atom. The van der Waals surface area contributed by atoms with E-state index in [1.807, 2.05) is 0 Å². The van der Waals surface area contributed by atoms with E-state index in [0.29, 0.717) is 0 Å². The van der Waals surface area contributed by atoms with E-state index in [0.717, 1.165) is 25.5 Å². The van der Waals surface area contributed by atoms with Crippen molar-refractivity contribution in [3.05, 3.63) is 0 Å². The number of hydrogen-bond donors (Lipinski definition) is 1. The van der Waals surface area contributed by atoms with Crippen molar-refractivity contribution in [1.29, 1.82) is 0 Å². The zero-order valence-corrected chi connectivity index (χ0v) is 5.16. The first-order valence-electron chi connectivity index (χ1n) is 2.41. The molecule has 0 heterocycles. The zero-order chi connectivity index (χ0) is 5.54. The van der Waals surface area contributed by atoms with E-state index < -0.39 is 0 Å². The van der Waals surface area contributed by atoms with Crippen LogP contribution in [0.1, 0.15) is 12.8 Å². The molecule has 3 heteroatoms. The van der Waals surface area contributed by atoms with Gasteiger partial charge in [-0.25, -0.2) is 0 Å². The predicted molar refractivity (Wildman–Crippen MR) is 30.8 cm³/mol. The second-order valence-electron chi connectivity index (χ2n) is 1.35. The van der Waals surface area contributed by atoms with Crippen molar-refractivity contribution in [2.75, 3.05) is 12.7 Å². The van der Waals surface area contributed by atoms with Crippen LogP contribution < -0.4 is 5.73 Å². The van der Waals surface area contributed by atoms with Gasteiger partial charge in [0.1, 0.15) is 0 Å². The highest BCUT2D eigenvalue weighted by Gasteiger charge is 1.81. The minimum absolute atomic E-state index is 0.249. The van der Waals surface area contributed by atoms with Gasteiger partial charge < -0.3 is 5.73 Å². The summed E-state index contributed by atoms with van der Waals surface area (Å²) in [4.78, 5) is 0. The Hall–Kier alpha value is 0.0600. The first kappa shape index (κ1) is 7.06. The van der Waals surface area contributed by atoms with Gasteiger partial charge >= 0.3 is 0 Å². The van der Waals surface area contributed by atoms with Crippen LogP contribution in [0.25, 0.3) is 0 Å². The van der Waals surface area contributed by atoms with Gasteiger partial charge in [0.15, 0.2) is 8.46 Å². The van der Waals surface area contributed by atoms with E-state index in [9.17, 15) is 4.57 Å². The lowest BCUT2D eigenvalue weighted by Gasteiger charge is -1.85. The molecule has 0 aromatic carbocycles. The number of hydrogen-bond acceptors (Lipinski definition) is 2. The largest absolute Gasteiger partial charge is 0.330 e. The molecule has 2 nitrogen and oxygen atoms in total. The van der Waals surface area contributed by atoms with Crippen LogP contribution in [-0.4, -0.2) is 12.7 Å². The predicted octanol–water partition coefficient (Wildman–Crippen LogP) is 1.02. The average Bonchev–Trinajstić information content (AvgIpc) is 1.69. The molecule has 0 aliphatic rings. The summed E-state index contributed by atoms with van der Waals surface area (Å²) >= 11 is 0. The lowest BCUT2D eigenvalue weighted by atomic mass is 10.3. The van der Waals surface area contributed by atoms with Gasteiger partial charge in [-0.2, -0.15) is 0 Å². The van der Waals surface area contributed by atoms with Gasteiger partial charge in [0.25, 0.3) is 0 Å². The zero-order valence-electron chi connectivity index (χ0n) is 4.26. The average molecular weight is 119 g/mol. The molecule has 0 bridgehead atoms. The maximum Gasteiger partial charge on any atom is 0.155 e. The second-order valence-corrected chi connectivity index (χ2v) is 2.05. The standard InChI is InChI=1S/C4H10NOP/c5-3-1-2-4-7-6/h1-5H2. The minimum Gasteiger partial charge on any atom is -0.330 e. The highest BCUT2D eigenvalue weighted by atomic mass is 31.1. The summed E-state index contributed by atoms with van der Waals surface area (Å²) in [6.45, 7) is 0.718. The van der Waals surface area contributed by atoms with Gasteiger partial charge in [-0.05, 0) is 19.4 Å². The molecule has 0 radical (unpaired) electrons. The Balaban J connectivity index is 2.56. The van der Waals surface area contributed by atoms with Crippen LogP contribution in [0.5, 0.6) is 0 Å². The van der Waals surface area contributed by atoms with E-state index in [1.54, 1.807) is 0 Å². The fourth-order valence-corrected chi connectivity index (χ4v) is 0.673.